The topological polar surface area (TPSA) is 24.5 Å². The lowest BCUT2D eigenvalue weighted by molar-refractivity contribution is -0.0694. The van der Waals surface area contributed by atoms with E-state index in [-0.39, 0.29) is 0 Å². The zero-order valence-electron chi connectivity index (χ0n) is 9.33. The van der Waals surface area contributed by atoms with Crippen molar-refractivity contribution in [3.63, 3.8) is 0 Å². The third kappa shape index (κ3) is 2.69. The summed E-state index contributed by atoms with van der Waals surface area (Å²) in [5.74, 6) is 0. The third-order valence-corrected chi connectivity index (χ3v) is 3.14. The molecule has 0 saturated carbocycles. The van der Waals surface area contributed by atoms with Gasteiger partial charge in [0.15, 0.2) is 0 Å². The Morgan fingerprint density at radius 3 is 2.57 bits per heavy atom. The van der Waals surface area contributed by atoms with E-state index in [0.717, 1.165) is 19.1 Å². The molecule has 0 bridgehead atoms. The van der Waals surface area contributed by atoms with E-state index < -0.39 is 0 Å². The van der Waals surface area contributed by atoms with Gasteiger partial charge in [-0.15, -0.1) is 0 Å². The molecule has 2 heterocycles. The molecule has 0 aromatic heterocycles. The van der Waals surface area contributed by atoms with E-state index >= 15 is 0 Å². The second-order valence-corrected chi connectivity index (χ2v) is 4.77. The van der Waals surface area contributed by atoms with Gasteiger partial charge in [0, 0.05) is 25.7 Å². The van der Waals surface area contributed by atoms with Gasteiger partial charge in [0.05, 0.1) is 12.2 Å². The Labute approximate surface area is 86.8 Å². The highest BCUT2D eigenvalue weighted by Gasteiger charge is 2.25. The van der Waals surface area contributed by atoms with Gasteiger partial charge in [0.1, 0.15) is 0 Å². The molecule has 2 saturated heterocycles. The van der Waals surface area contributed by atoms with Crippen molar-refractivity contribution in [3.8, 4) is 0 Å². The van der Waals surface area contributed by atoms with Crippen molar-refractivity contribution in [2.75, 3.05) is 26.2 Å². The van der Waals surface area contributed by atoms with Gasteiger partial charge in [0.25, 0.3) is 0 Å². The van der Waals surface area contributed by atoms with Crippen LogP contribution in [-0.4, -0.2) is 49.3 Å². The molecule has 0 aromatic carbocycles. The van der Waals surface area contributed by atoms with Crippen LogP contribution in [-0.2, 0) is 4.74 Å². The van der Waals surface area contributed by atoms with Gasteiger partial charge < -0.3 is 10.1 Å². The highest BCUT2D eigenvalue weighted by Crippen LogP contribution is 2.13. The Morgan fingerprint density at radius 2 is 2.00 bits per heavy atom. The fourth-order valence-corrected chi connectivity index (χ4v) is 2.66. The average molecular weight is 198 g/mol. The van der Waals surface area contributed by atoms with Crippen LogP contribution in [0.4, 0.5) is 0 Å². The summed E-state index contributed by atoms with van der Waals surface area (Å²) in [5.41, 5.74) is 0. The third-order valence-electron chi connectivity index (χ3n) is 3.14. The molecule has 2 fully saturated rings. The summed E-state index contributed by atoms with van der Waals surface area (Å²) < 4.78 is 5.72. The molecule has 0 aromatic rings. The summed E-state index contributed by atoms with van der Waals surface area (Å²) in [6, 6.07) is 0.729. The predicted molar refractivity (Wildman–Crippen MR) is 57.5 cm³/mol. The standard InChI is InChI=1S/C11H22N2O/c1-9-6-13(7-10(2)14-9)8-11-4-3-5-12-11/h9-12H,3-8H2,1-2H3/t9-,10-,11+/m1/s1. The molecule has 0 aliphatic carbocycles. The number of morpholine rings is 1. The first-order valence-electron chi connectivity index (χ1n) is 5.85. The second-order valence-electron chi connectivity index (χ2n) is 4.77. The van der Waals surface area contributed by atoms with E-state index in [1.807, 2.05) is 0 Å². The van der Waals surface area contributed by atoms with Gasteiger partial charge in [-0.25, -0.2) is 0 Å². The second kappa shape index (κ2) is 4.60. The van der Waals surface area contributed by atoms with Gasteiger partial charge in [-0.2, -0.15) is 0 Å². The van der Waals surface area contributed by atoms with Crippen molar-refractivity contribution in [2.24, 2.45) is 0 Å². The summed E-state index contributed by atoms with van der Waals surface area (Å²) >= 11 is 0. The largest absolute Gasteiger partial charge is 0.373 e. The van der Waals surface area contributed by atoms with Crippen LogP contribution in [0.2, 0.25) is 0 Å². The zero-order valence-corrected chi connectivity index (χ0v) is 9.33. The fraction of sp³-hybridized carbons (Fsp3) is 1.00. The molecule has 0 unspecified atom stereocenters. The maximum atomic E-state index is 5.72. The van der Waals surface area contributed by atoms with E-state index in [9.17, 15) is 0 Å². The Hall–Kier alpha value is -0.120. The summed E-state index contributed by atoms with van der Waals surface area (Å²) in [6.45, 7) is 8.96. The van der Waals surface area contributed by atoms with Crippen LogP contribution in [0.5, 0.6) is 0 Å². The van der Waals surface area contributed by atoms with E-state index in [1.54, 1.807) is 0 Å². The Balaban J connectivity index is 1.78. The van der Waals surface area contributed by atoms with Crippen LogP contribution >= 0.6 is 0 Å². The predicted octanol–water partition coefficient (Wildman–Crippen LogP) is 0.848. The van der Waals surface area contributed by atoms with Gasteiger partial charge >= 0.3 is 0 Å². The molecule has 2 aliphatic rings. The molecular weight excluding hydrogens is 176 g/mol. The molecule has 0 amide bonds. The van der Waals surface area contributed by atoms with E-state index in [4.69, 9.17) is 4.74 Å². The van der Waals surface area contributed by atoms with Crippen LogP contribution in [0.25, 0.3) is 0 Å². The van der Waals surface area contributed by atoms with Gasteiger partial charge in [-0.05, 0) is 33.2 Å². The molecule has 1 N–H and O–H groups in total. The van der Waals surface area contributed by atoms with E-state index in [0.29, 0.717) is 12.2 Å². The molecule has 0 radical (unpaired) electrons. The normalized spacial score (nSPS) is 40.3. The maximum absolute atomic E-state index is 5.72. The van der Waals surface area contributed by atoms with E-state index in [1.165, 1.54) is 25.9 Å². The van der Waals surface area contributed by atoms with Crippen LogP contribution in [0.1, 0.15) is 26.7 Å². The zero-order chi connectivity index (χ0) is 9.97. The molecule has 2 rings (SSSR count). The maximum Gasteiger partial charge on any atom is 0.0678 e. The average Bonchev–Trinajstić information content (AvgIpc) is 2.54. The summed E-state index contributed by atoms with van der Waals surface area (Å²) in [5, 5.41) is 3.55. The van der Waals surface area contributed by atoms with Crippen molar-refractivity contribution < 1.29 is 4.74 Å². The minimum atomic E-state index is 0.403. The summed E-state index contributed by atoms with van der Waals surface area (Å²) in [4.78, 5) is 2.54. The highest BCUT2D eigenvalue weighted by molar-refractivity contribution is 4.81. The van der Waals surface area contributed by atoms with Crippen molar-refractivity contribution in [1.29, 1.82) is 0 Å². The SMILES string of the molecule is C[C@@H]1CN(C[C@@H]2CCCN2)C[C@@H](C)O1. The molecule has 14 heavy (non-hydrogen) atoms. The summed E-state index contributed by atoms with van der Waals surface area (Å²) in [7, 11) is 0. The molecule has 3 heteroatoms. The molecule has 3 nitrogen and oxygen atoms in total. The Kier molecular flexibility index (Phi) is 3.42. The number of ether oxygens (including phenoxy) is 1. The minimum Gasteiger partial charge on any atom is -0.373 e. The number of hydrogen-bond acceptors (Lipinski definition) is 3. The molecule has 2 aliphatic heterocycles. The first kappa shape index (κ1) is 10.4. The van der Waals surface area contributed by atoms with Crippen molar-refractivity contribution in [3.05, 3.63) is 0 Å². The monoisotopic (exact) mass is 198 g/mol. The van der Waals surface area contributed by atoms with Crippen LogP contribution in [0.15, 0.2) is 0 Å². The van der Waals surface area contributed by atoms with Gasteiger partial charge in [0.2, 0.25) is 0 Å². The number of nitrogens with one attached hydrogen (secondary N) is 1. The van der Waals surface area contributed by atoms with Crippen molar-refractivity contribution in [2.45, 2.75) is 44.9 Å². The molecular formula is C11H22N2O. The Morgan fingerprint density at radius 1 is 1.29 bits per heavy atom. The summed E-state index contributed by atoms with van der Waals surface area (Å²) in [6.07, 6.45) is 3.50. The van der Waals surface area contributed by atoms with Crippen LogP contribution in [0, 0.1) is 0 Å². The van der Waals surface area contributed by atoms with Crippen molar-refractivity contribution in [1.82, 2.24) is 10.2 Å². The van der Waals surface area contributed by atoms with E-state index in [2.05, 4.69) is 24.1 Å². The fourth-order valence-electron chi connectivity index (χ4n) is 2.66. The number of hydrogen-bond donors (Lipinski definition) is 1. The van der Waals surface area contributed by atoms with Gasteiger partial charge in [-0.3, -0.25) is 4.90 Å². The first-order chi connectivity index (χ1) is 6.74. The molecule has 82 valence electrons. The lowest BCUT2D eigenvalue weighted by Gasteiger charge is -2.36. The first-order valence-corrected chi connectivity index (χ1v) is 5.85. The molecule has 0 spiro atoms. The van der Waals surface area contributed by atoms with Crippen molar-refractivity contribution >= 4 is 0 Å². The van der Waals surface area contributed by atoms with Gasteiger partial charge in [-0.1, -0.05) is 0 Å². The quantitative estimate of drug-likeness (QED) is 0.712. The number of nitrogens with zero attached hydrogens (tertiary/aromatic N) is 1. The van der Waals surface area contributed by atoms with Crippen LogP contribution in [0.3, 0.4) is 0 Å². The minimum absolute atomic E-state index is 0.403. The highest BCUT2D eigenvalue weighted by atomic mass is 16.5. The smallest absolute Gasteiger partial charge is 0.0678 e. The Bertz CT molecular complexity index is 170. The lowest BCUT2D eigenvalue weighted by atomic mass is 10.1. The lowest BCUT2D eigenvalue weighted by Crippen LogP contribution is -2.49. The number of rotatable bonds is 2. The molecule has 3 atom stereocenters. The van der Waals surface area contributed by atoms with Crippen LogP contribution < -0.4 is 5.32 Å².